The Hall–Kier alpha value is -1.29. The maximum absolute atomic E-state index is 9.87. The van der Waals surface area contributed by atoms with Crippen molar-refractivity contribution in [1.29, 1.82) is 0 Å². The van der Waals surface area contributed by atoms with Crippen molar-refractivity contribution in [3.8, 4) is 0 Å². The quantitative estimate of drug-likeness (QED) is 0.385. The number of hydrogen-bond acceptors (Lipinski definition) is 6. The SMILES string of the molecule is OC[C@H]1O[C@@H](NC(=S)Nc2ccccc2)[C@H](O)[C@@H](O)[C@@H]1O. The van der Waals surface area contributed by atoms with Crippen molar-refractivity contribution >= 4 is 23.0 Å². The predicted molar refractivity (Wildman–Crippen MR) is 79.6 cm³/mol. The van der Waals surface area contributed by atoms with Crippen molar-refractivity contribution in [3.63, 3.8) is 0 Å². The topological polar surface area (TPSA) is 114 Å². The molecule has 5 atom stereocenters. The molecule has 8 heteroatoms. The molecule has 2 rings (SSSR count). The van der Waals surface area contributed by atoms with Crippen molar-refractivity contribution in [2.24, 2.45) is 0 Å². The van der Waals surface area contributed by atoms with Crippen LogP contribution in [0.25, 0.3) is 0 Å². The fourth-order valence-corrected chi connectivity index (χ4v) is 2.27. The molecular weight excluding hydrogens is 296 g/mol. The maximum atomic E-state index is 9.87. The molecule has 1 heterocycles. The van der Waals surface area contributed by atoms with Crippen LogP contribution in [0.4, 0.5) is 5.69 Å². The van der Waals surface area contributed by atoms with Gasteiger partial charge in [0, 0.05) is 5.69 Å². The third kappa shape index (κ3) is 3.88. The number of nitrogens with one attached hydrogen (secondary N) is 2. The minimum atomic E-state index is -1.44. The zero-order valence-corrected chi connectivity index (χ0v) is 11.9. The number of rotatable bonds is 3. The first-order valence-corrected chi connectivity index (χ1v) is 6.87. The Morgan fingerprint density at radius 2 is 1.76 bits per heavy atom. The minimum absolute atomic E-state index is 0.186. The minimum Gasteiger partial charge on any atom is -0.394 e. The molecule has 0 bridgehead atoms. The summed E-state index contributed by atoms with van der Waals surface area (Å²) in [5.74, 6) is 0. The normalized spacial score (nSPS) is 32.5. The van der Waals surface area contributed by atoms with Gasteiger partial charge in [-0.25, -0.2) is 0 Å². The third-order valence-electron chi connectivity index (χ3n) is 3.20. The average molecular weight is 314 g/mol. The molecule has 0 aliphatic carbocycles. The second-order valence-electron chi connectivity index (χ2n) is 4.71. The van der Waals surface area contributed by atoms with Gasteiger partial charge in [0.15, 0.2) is 11.3 Å². The lowest BCUT2D eigenvalue weighted by molar-refractivity contribution is -0.232. The Morgan fingerprint density at radius 1 is 1.10 bits per heavy atom. The Bertz CT molecular complexity index is 473. The van der Waals surface area contributed by atoms with Gasteiger partial charge in [0.25, 0.3) is 0 Å². The van der Waals surface area contributed by atoms with E-state index in [2.05, 4.69) is 10.6 Å². The smallest absolute Gasteiger partial charge is 0.172 e. The van der Waals surface area contributed by atoms with Crippen LogP contribution in [-0.4, -0.2) is 62.8 Å². The summed E-state index contributed by atoms with van der Waals surface area (Å²) in [6, 6.07) is 9.14. The molecule has 0 unspecified atom stereocenters. The number of anilines is 1. The number of ether oxygens (including phenoxy) is 1. The van der Waals surface area contributed by atoms with Gasteiger partial charge in [-0.1, -0.05) is 18.2 Å². The van der Waals surface area contributed by atoms with Crippen molar-refractivity contribution in [3.05, 3.63) is 30.3 Å². The molecule has 21 heavy (non-hydrogen) atoms. The van der Waals surface area contributed by atoms with E-state index < -0.39 is 37.3 Å². The van der Waals surface area contributed by atoms with Crippen LogP contribution in [-0.2, 0) is 4.74 Å². The zero-order chi connectivity index (χ0) is 15.4. The lowest BCUT2D eigenvalue weighted by Crippen LogP contribution is -2.63. The predicted octanol–water partition coefficient (Wildman–Crippen LogP) is -1.23. The number of hydrogen-bond donors (Lipinski definition) is 6. The van der Waals surface area contributed by atoms with Gasteiger partial charge in [0.05, 0.1) is 6.61 Å². The van der Waals surface area contributed by atoms with E-state index in [1.807, 2.05) is 18.2 Å². The molecular formula is C13H18N2O5S. The van der Waals surface area contributed by atoms with Crippen molar-refractivity contribution < 1.29 is 25.2 Å². The molecule has 116 valence electrons. The molecule has 6 N–H and O–H groups in total. The van der Waals surface area contributed by atoms with E-state index in [9.17, 15) is 15.3 Å². The fraction of sp³-hybridized carbons (Fsp3) is 0.462. The van der Waals surface area contributed by atoms with Gasteiger partial charge in [0.2, 0.25) is 0 Å². The van der Waals surface area contributed by atoms with E-state index in [1.54, 1.807) is 12.1 Å². The molecule has 1 aromatic rings. The Morgan fingerprint density at radius 3 is 2.38 bits per heavy atom. The van der Waals surface area contributed by atoms with Crippen molar-refractivity contribution in [2.75, 3.05) is 11.9 Å². The number of benzene rings is 1. The molecule has 0 radical (unpaired) electrons. The van der Waals surface area contributed by atoms with Crippen LogP contribution < -0.4 is 10.6 Å². The number of para-hydroxylation sites is 1. The summed E-state index contributed by atoms with van der Waals surface area (Å²) in [7, 11) is 0. The first-order chi connectivity index (χ1) is 10.0. The number of thiocarbonyl (C=S) groups is 1. The highest BCUT2D eigenvalue weighted by Gasteiger charge is 2.43. The molecule has 1 aromatic carbocycles. The molecule has 1 aliphatic rings. The van der Waals surface area contributed by atoms with Crippen LogP contribution in [0, 0.1) is 0 Å². The Kier molecular flexibility index (Phi) is 5.45. The van der Waals surface area contributed by atoms with Crippen LogP contribution in [0.3, 0.4) is 0 Å². The second-order valence-corrected chi connectivity index (χ2v) is 5.12. The lowest BCUT2D eigenvalue weighted by Gasteiger charge is -2.40. The van der Waals surface area contributed by atoms with E-state index in [4.69, 9.17) is 22.1 Å². The molecule has 1 fully saturated rings. The summed E-state index contributed by atoms with van der Waals surface area (Å²) in [5.41, 5.74) is 0.750. The second kappa shape index (κ2) is 7.12. The molecule has 7 nitrogen and oxygen atoms in total. The molecule has 1 aliphatic heterocycles. The molecule has 0 amide bonds. The number of aliphatic hydroxyl groups is 4. The van der Waals surface area contributed by atoms with Crippen LogP contribution in [0.15, 0.2) is 30.3 Å². The van der Waals surface area contributed by atoms with Crippen LogP contribution in [0.1, 0.15) is 0 Å². The van der Waals surface area contributed by atoms with Gasteiger partial charge in [-0.2, -0.15) is 0 Å². The van der Waals surface area contributed by atoms with Crippen LogP contribution in [0.2, 0.25) is 0 Å². The largest absolute Gasteiger partial charge is 0.394 e. The summed E-state index contributed by atoms with van der Waals surface area (Å²) < 4.78 is 5.29. The molecule has 1 saturated heterocycles. The third-order valence-corrected chi connectivity index (χ3v) is 3.42. The summed E-state index contributed by atoms with van der Waals surface area (Å²) in [6.07, 6.45) is -6.21. The lowest BCUT2D eigenvalue weighted by atomic mass is 9.98. The first-order valence-electron chi connectivity index (χ1n) is 6.46. The highest BCUT2D eigenvalue weighted by atomic mass is 32.1. The molecule has 0 aromatic heterocycles. The van der Waals surface area contributed by atoms with Gasteiger partial charge >= 0.3 is 0 Å². The summed E-state index contributed by atoms with van der Waals surface area (Å²) in [6.45, 7) is -0.484. The van der Waals surface area contributed by atoms with Gasteiger partial charge in [0.1, 0.15) is 24.4 Å². The summed E-state index contributed by atoms with van der Waals surface area (Å²) in [4.78, 5) is 0. The Balaban J connectivity index is 1.96. The van der Waals surface area contributed by atoms with E-state index in [0.717, 1.165) is 5.69 Å². The van der Waals surface area contributed by atoms with Crippen LogP contribution >= 0.6 is 12.2 Å². The molecule has 0 saturated carbocycles. The van der Waals surface area contributed by atoms with Gasteiger partial charge in [-0.3, -0.25) is 0 Å². The van der Waals surface area contributed by atoms with Crippen molar-refractivity contribution in [2.45, 2.75) is 30.6 Å². The fourth-order valence-electron chi connectivity index (χ4n) is 2.04. The summed E-state index contributed by atoms with van der Waals surface area (Å²) >= 11 is 5.09. The highest BCUT2D eigenvalue weighted by molar-refractivity contribution is 7.80. The van der Waals surface area contributed by atoms with E-state index >= 15 is 0 Å². The highest BCUT2D eigenvalue weighted by Crippen LogP contribution is 2.19. The first kappa shape index (κ1) is 16.1. The maximum Gasteiger partial charge on any atom is 0.172 e. The van der Waals surface area contributed by atoms with Crippen LogP contribution in [0.5, 0.6) is 0 Å². The van der Waals surface area contributed by atoms with Gasteiger partial charge in [-0.05, 0) is 24.4 Å². The van der Waals surface area contributed by atoms with Gasteiger partial charge < -0.3 is 35.8 Å². The van der Waals surface area contributed by atoms with E-state index in [0.29, 0.717) is 0 Å². The monoisotopic (exact) mass is 314 g/mol. The van der Waals surface area contributed by atoms with E-state index in [1.165, 1.54) is 0 Å². The number of aliphatic hydroxyl groups excluding tert-OH is 4. The molecule has 0 spiro atoms. The van der Waals surface area contributed by atoms with Gasteiger partial charge in [-0.15, -0.1) is 0 Å². The van der Waals surface area contributed by atoms with E-state index in [-0.39, 0.29) is 5.11 Å². The van der Waals surface area contributed by atoms with Crippen molar-refractivity contribution in [1.82, 2.24) is 5.32 Å². The summed E-state index contributed by atoms with van der Waals surface area (Å²) in [5, 5.41) is 44.1. The Labute approximate surface area is 127 Å². The zero-order valence-electron chi connectivity index (χ0n) is 11.1. The standard InChI is InChI=1S/C13H18N2O5S/c16-6-8-9(17)10(18)11(19)12(20-8)15-13(21)14-7-4-2-1-3-5-7/h1-5,8-12,16-19H,6H2,(H2,14,15,21)/t8-,9-,10+,11-,12-/m1/s1. The average Bonchev–Trinajstić information content (AvgIpc) is 2.49.